The van der Waals surface area contributed by atoms with E-state index in [2.05, 4.69) is 271 Å². The van der Waals surface area contributed by atoms with E-state index in [1.165, 1.54) is 60.1 Å². The van der Waals surface area contributed by atoms with Crippen LogP contribution < -0.4 is 0 Å². The Bertz CT molecular complexity index is 6420. The molecule has 1 N–H and O–H groups in total. The van der Waals surface area contributed by atoms with Crippen molar-refractivity contribution in [2.24, 2.45) is 0 Å². The zero-order valence-corrected chi connectivity index (χ0v) is 58.3. The molecule has 0 fully saturated rings. The van der Waals surface area contributed by atoms with Crippen LogP contribution in [-0.4, -0.2) is 48.6 Å². The second-order valence-electron chi connectivity index (χ2n) is 25.7. The van der Waals surface area contributed by atoms with Gasteiger partial charge in [-0.3, -0.25) is 0 Å². The van der Waals surface area contributed by atoms with E-state index in [1.54, 1.807) is 0 Å². The number of para-hydroxylation sites is 2. The van der Waals surface area contributed by atoms with Crippen LogP contribution in [0.1, 0.15) is 0 Å². The van der Waals surface area contributed by atoms with E-state index < -0.39 is 0 Å². The van der Waals surface area contributed by atoms with Gasteiger partial charge in [-0.25, -0.2) is 29.9 Å². The van der Waals surface area contributed by atoms with Crippen LogP contribution in [-0.2, 0) is 0 Å². The van der Waals surface area contributed by atoms with Crippen molar-refractivity contribution in [2.45, 2.75) is 0 Å². The summed E-state index contributed by atoms with van der Waals surface area (Å²) in [5.41, 5.74) is 20.6. The van der Waals surface area contributed by atoms with Gasteiger partial charge in [0.15, 0.2) is 34.9 Å². The van der Waals surface area contributed by atoms with Gasteiger partial charge >= 0.3 is 0 Å². The molecule has 0 aliphatic heterocycles. The summed E-state index contributed by atoms with van der Waals surface area (Å²) in [5.74, 6) is 3.86. The molecule has 20 aromatic rings. The van der Waals surface area contributed by atoms with Gasteiger partial charge in [0.2, 0.25) is 0 Å². The SMILES string of the molecule is Brc1cccc(-c2ccccc2)c1.c1ccc(-c2cccc(-n3c4ccccc4c4ccc5ccn(-c6cccc(-c7nc(-c8ccccc8)nc(-c8ccccc8)n7)c6)c5c43)c2)cc1.c1ccc(-c2nc(-c3ccccc3)nc(-c3cccc(-n4ccc5ccc6c7ccccc7[nH]c6c54)c3)n2)cc1. The van der Waals surface area contributed by atoms with Crippen LogP contribution in [0.2, 0.25) is 0 Å². The highest BCUT2D eigenvalue weighted by molar-refractivity contribution is 9.10. The maximum Gasteiger partial charge on any atom is 0.164 e. The fourth-order valence-electron chi connectivity index (χ4n) is 14.1. The molecule has 6 heterocycles. The Labute approximate surface area is 614 Å². The van der Waals surface area contributed by atoms with E-state index in [0.717, 1.165) is 82.5 Å². The number of hydrogen-bond donors (Lipinski definition) is 1. The molecule has 0 atom stereocenters. The Morgan fingerprint density at radius 1 is 0.238 bits per heavy atom. The minimum Gasteiger partial charge on any atom is -0.353 e. The minimum absolute atomic E-state index is 0.628. The zero-order valence-electron chi connectivity index (χ0n) is 56.7. The fraction of sp³-hybridized carbons (Fsp3) is 0. The summed E-state index contributed by atoms with van der Waals surface area (Å²) in [6, 6.07) is 126. The summed E-state index contributed by atoms with van der Waals surface area (Å²) >= 11 is 3.46. The quantitative estimate of drug-likeness (QED) is 0.138. The standard InChI is InChI=1S/C47H31N5.C35H23N5.C12H9Br/c1-4-14-32(15-5-1)36-20-12-23-39(30-36)52-42-25-11-10-24-40(42)41-27-26-33-28-29-51(43(33)44(41)52)38-22-13-21-37(31-38)47-49-45(34-16-6-2-7-17-34)48-46(50-47)35-18-8-3-9-19-35;1-3-10-24(11-4-1)33-37-34(25-12-5-2-6-13-25)39-35(38-33)26-14-9-15-27(22-26)40-21-20-23-18-19-29-28-16-7-8-17-30(28)36-31(29)32(23)40;13-12-8-4-7-11(9-12)10-5-2-1-3-6-10/h1-31H;1-22,36H;1-9H. The van der Waals surface area contributed by atoms with Crippen LogP contribution in [0, 0.1) is 0 Å². The summed E-state index contributed by atoms with van der Waals surface area (Å²) in [6.07, 6.45) is 4.30. The first-order chi connectivity index (χ1) is 52.0. The van der Waals surface area contributed by atoms with E-state index in [-0.39, 0.29) is 0 Å². The fourth-order valence-corrected chi connectivity index (χ4v) is 14.5. The summed E-state index contributed by atoms with van der Waals surface area (Å²) in [6.45, 7) is 0. The molecule has 0 aliphatic carbocycles. The molecule has 0 radical (unpaired) electrons. The van der Waals surface area contributed by atoms with Gasteiger partial charge in [0.25, 0.3) is 0 Å². The Morgan fingerprint density at radius 3 is 1.10 bits per heavy atom. The predicted molar refractivity (Wildman–Crippen MR) is 435 cm³/mol. The van der Waals surface area contributed by atoms with Crippen LogP contribution in [0.3, 0.4) is 0 Å². The molecule has 0 amide bonds. The molecule has 0 aliphatic rings. The topological polar surface area (TPSA) is 108 Å². The van der Waals surface area contributed by atoms with Gasteiger partial charge in [-0.05, 0) is 95.1 Å². The van der Waals surface area contributed by atoms with Crippen molar-refractivity contribution >= 4 is 81.3 Å². The average molecular weight is 1410 g/mol. The molecule has 10 nitrogen and oxygen atoms in total. The highest BCUT2D eigenvalue weighted by Gasteiger charge is 2.21. The molecular formula is C94H63BrN10. The largest absolute Gasteiger partial charge is 0.353 e. The van der Waals surface area contributed by atoms with Gasteiger partial charge in [0.1, 0.15) is 0 Å². The Hall–Kier alpha value is -13.7. The number of rotatable bonds is 11. The molecular weight excluding hydrogens is 1350 g/mol. The highest BCUT2D eigenvalue weighted by atomic mass is 79.9. The van der Waals surface area contributed by atoms with Crippen molar-refractivity contribution in [3.8, 4) is 108 Å². The zero-order chi connectivity index (χ0) is 70.0. The van der Waals surface area contributed by atoms with Crippen LogP contribution in [0.5, 0.6) is 0 Å². The number of benzene rings is 14. The molecule has 11 heteroatoms. The predicted octanol–water partition coefficient (Wildman–Crippen LogP) is 24.1. The molecule has 0 bridgehead atoms. The third-order valence-electron chi connectivity index (χ3n) is 19.1. The Balaban J connectivity index is 0.000000130. The lowest BCUT2D eigenvalue weighted by atomic mass is 10.1. The normalized spacial score (nSPS) is 11.3. The highest BCUT2D eigenvalue weighted by Crippen LogP contribution is 2.41. The third-order valence-corrected chi connectivity index (χ3v) is 19.6. The molecule has 0 spiro atoms. The molecule has 0 saturated heterocycles. The van der Waals surface area contributed by atoms with E-state index in [4.69, 9.17) is 29.9 Å². The number of halogens is 1. The second kappa shape index (κ2) is 28.0. The van der Waals surface area contributed by atoms with Gasteiger partial charge in [0.05, 0.1) is 27.6 Å². The Morgan fingerprint density at radius 2 is 0.600 bits per heavy atom. The average Bonchev–Trinajstić information content (AvgIpc) is 1.57. The van der Waals surface area contributed by atoms with Gasteiger partial charge in [-0.2, -0.15) is 0 Å². The number of nitrogens with one attached hydrogen (secondary N) is 1. The molecule has 0 saturated carbocycles. The van der Waals surface area contributed by atoms with Crippen molar-refractivity contribution < 1.29 is 0 Å². The first-order valence-corrected chi connectivity index (χ1v) is 35.7. The summed E-state index contributed by atoms with van der Waals surface area (Å²) in [5, 5.41) is 7.23. The van der Waals surface area contributed by atoms with Gasteiger partial charge < -0.3 is 18.7 Å². The van der Waals surface area contributed by atoms with Gasteiger partial charge in [0, 0.05) is 105 Å². The van der Waals surface area contributed by atoms with E-state index >= 15 is 0 Å². The van der Waals surface area contributed by atoms with Crippen molar-refractivity contribution in [2.75, 3.05) is 0 Å². The lowest BCUT2D eigenvalue weighted by Gasteiger charge is -2.14. The number of aromatic nitrogens is 10. The van der Waals surface area contributed by atoms with Crippen LogP contribution in [0.25, 0.3) is 173 Å². The Kier molecular flexibility index (Phi) is 16.9. The molecule has 496 valence electrons. The van der Waals surface area contributed by atoms with Crippen LogP contribution in [0.4, 0.5) is 0 Å². The van der Waals surface area contributed by atoms with Crippen molar-refractivity contribution in [1.82, 2.24) is 48.6 Å². The maximum atomic E-state index is 5.01. The maximum absolute atomic E-state index is 5.01. The summed E-state index contributed by atoms with van der Waals surface area (Å²) in [7, 11) is 0. The van der Waals surface area contributed by atoms with E-state index in [9.17, 15) is 0 Å². The van der Waals surface area contributed by atoms with Crippen molar-refractivity contribution in [1.29, 1.82) is 0 Å². The molecule has 14 aromatic carbocycles. The smallest absolute Gasteiger partial charge is 0.164 e. The number of H-pyrrole nitrogens is 1. The van der Waals surface area contributed by atoms with E-state index in [1.807, 2.05) is 140 Å². The van der Waals surface area contributed by atoms with Crippen LogP contribution >= 0.6 is 15.9 Å². The molecule has 6 aromatic heterocycles. The first kappa shape index (κ1) is 63.4. The van der Waals surface area contributed by atoms with Crippen molar-refractivity contribution in [3.05, 3.63) is 381 Å². The number of hydrogen-bond acceptors (Lipinski definition) is 6. The van der Waals surface area contributed by atoms with Gasteiger partial charge in [-0.1, -0.05) is 307 Å². The number of fused-ring (bicyclic) bond motifs is 10. The number of nitrogens with zero attached hydrogens (tertiary/aromatic N) is 9. The third kappa shape index (κ3) is 12.6. The molecule has 105 heavy (non-hydrogen) atoms. The van der Waals surface area contributed by atoms with Gasteiger partial charge in [-0.15, -0.1) is 0 Å². The molecule has 20 rings (SSSR count). The lowest BCUT2D eigenvalue weighted by molar-refractivity contribution is 1.07. The first-order valence-electron chi connectivity index (χ1n) is 34.9. The minimum atomic E-state index is 0.628. The van der Waals surface area contributed by atoms with Crippen LogP contribution in [0.15, 0.2) is 381 Å². The molecule has 0 unspecified atom stereocenters. The van der Waals surface area contributed by atoms with Crippen molar-refractivity contribution in [3.63, 3.8) is 0 Å². The summed E-state index contributed by atoms with van der Waals surface area (Å²) in [4.78, 5) is 33.3. The van der Waals surface area contributed by atoms with E-state index in [0.29, 0.717) is 34.9 Å². The summed E-state index contributed by atoms with van der Waals surface area (Å²) < 4.78 is 8.08. The second-order valence-corrected chi connectivity index (χ2v) is 26.6. The lowest BCUT2D eigenvalue weighted by Crippen LogP contribution is -2.01. The number of aromatic amines is 1. The monoisotopic (exact) mass is 1410 g/mol.